The molecule has 1 aromatic carbocycles. The topological polar surface area (TPSA) is 62.2 Å². The van der Waals surface area contributed by atoms with Crippen LogP contribution in [0.4, 0.5) is 4.39 Å². The number of nitrogens with zero attached hydrogens (tertiary/aromatic N) is 2. The maximum atomic E-state index is 13.2. The van der Waals surface area contributed by atoms with Crippen molar-refractivity contribution < 1.29 is 23.8 Å². The third-order valence-corrected chi connectivity index (χ3v) is 5.22. The molecule has 160 valence electrons. The number of carbonyl (C=O) groups is 1. The van der Waals surface area contributed by atoms with Gasteiger partial charge >= 0.3 is 0 Å². The number of morpholine rings is 1. The zero-order valence-corrected chi connectivity index (χ0v) is 16.8. The molecule has 7 heteroatoms. The van der Waals surface area contributed by atoms with Gasteiger partial charge in [0.25, 0.3) is 5.91 Å². The van der Waals surface area contributed by atoms with Gasteiger partial charge in [-0.25, -0.2) is 4.39 Å². The number of carbonyl (C=O) groups excluding carboxylic acids is 1. The highest BCUT2D eigenvalue weighted by molar-refractivity contribution is 5.94. The number of hydrogen-bond acceptors (Lipinski definition) is 5. The second kappa shape index (κ2) is 10.8. The minimum atomic E-state index is -0.572. The number of aliphatic hydroxyl groups is 1. The molecular weight excluding hydrogens is 375 g/mol. The Hall–Kier alpha value is -1.80. The molecule has 1 N–H and O–H groups in total. The van der Waals surface area contributed by atoms with Crippen LogP contribution in [-0.2, 0) is 9.47 Å². The van der Waals surface area contributed by atoms with Crippen LogP contribution in [0.3, 0.4) is 0 Å². The molecule has 3 rings (SSSR count). The van der Waals surface area contributed by atoms with Crippen LogP contribution < -0.4 is 0 Å². The van der Waals surface area contributed by atoms with Crippen LogP contribution in [0.15, 0.2) is 36.9 Å². The Morgan fingerprint density at radius 2 is 2.14 bits per heavy atom. The molecule has 2 atom stereocenters. The van der Waals surface area contributed by atoms with Gasteiger partial charge in [0.2, 0.25) is 0 Å². The standard InChI is InChI=1S/C22H31FN2O4/c1-2-10-28-16-20(26)13-24-9-11-29-21(14-24)15-25(12-17-3-4-17)22(27)18-5-7-19(23)8-6-18/h2,5-8,17,20-21,26H,1,3-4,9-16H2/t20-,21-/m1/s1. The molecule has 0 bridgehead atoms. The quantitative estimate of drug-likeness (QED) is 0.450. The Kier molecular flexibility index (Phi) is 8.18. The molecule has 1 aliphatic heterocycles. The van der Waals surface area contributed by atoms with Crippen LogP contribution >= 0.6 is 0 Å². The minimum absolute atomic E-state index is 0.0875. The zero-order valence-electron chi connectivity index (χ0n) is 16.8. The Morgan fingerprint density at radius 3 is 2.83 bits per heavy atom. The van der Waals surface area contributed by atoms with Crippen LogP contribution in [0, 0.1) is 11.7 Å². The van der Waals surface area contributed by atoms with Crippen LogP contribution in [0.1, 0.15) is 23.2 Å². The number of amides is 1. The highest BCUT2D eigenvalue weighted by atomic mass is 19.1. The van der Waals surface area contributed by atoms with Gasteiger partial charge in [0.05, 0.1) is 32.0 Å². The average Bonchev–Trinajstić information content (AvgIpc) is 3.52. The van der Waals surface area contributed by atoms with Gasteiger partial charge in [-0.15, -0.1) is 6.58 Å². The molecule has 1 saturated heterocycles. The molecule has 0 unspecified atom stereocenters. The first-order valence-corrected chi connectivity index (χ1v) is 10.3. The Labute approximate surface area is 171 Å². The van der Waals surface area contributed by atoms with E-state index in [4.69, 9.17) is 9.47 Å². The lowest BCUT2D eigenvalue weighted by Crippen LogP contribution is -2.51. The van der Waals surface area contributed by atoms with Gasteiger partial charge in [-0.05, 0) is 43.0 Å². The van der Waals surface area contributed by atoms with Crippen LogP contribution in [0.2, 0.25) is 0 Å². The highest BCUT2D eigenvalue weighted by Gasteiger charge is 2.31. The third-order valence-electron chi connectivity index (χ3n) is 5.22. The maximum absolute atomic E-state index is 13.2. The van der Waals surface area contributed by atoms with E-state index in [1.807, 2.05) is 4.90 Å². The lowest BCUT2D eigenvalue weighted by atomic mass is 10.1. The first-order chi connectivity index (χ1) is 14.0. The van der Waals surface area contributed by atoms with Gasteiger partial charge in [0.1, 0.15) is 5.82 Å². The molecule has 1 amide bonds. The monoisotopic (exact) mass is 406 g/mol. The molecule has 29 heavy (non-hydrogen) atoms. The van der Waals surface area contributed by atoms with Crippen molar-refractivity contribution in [2.45, 2.75) is 25.0 Å². The minimum Gasteiger partial charge on any atom is -0.389 e. The summed E-state index contributed by atoms with van der Waals surface area (Å²) in [4.78, 5) is 17.0. The van der Waals surface area contributed by atoms with E-state index in [0.29, 0.717) is 50.9 Å². The fourth-order valence-corrected chi connectivity index (χ4v) is 3.57. The van der Waals surface area contributed by atoms with Crippen molar-refractivity contribution in [2.75, 3.05) is 52.5 Å². The molecule has 1 aliphatic carbocycles. The molecule has 0 radical (unpaired) electrons. The maximum Gasteiger partial charge on any atom is 0.253 e. The van der Waals surface area contributed by atoms with Crippen molar-refractivity contribution in [1.29, 1.82) is 0 Å². The predicted molar refractivity (Wildman–Crippen MR) is 108 cm³/mol. The van der Waals surface area contributed by atoms with E-state index in [-0.39, 0.29) is 24.4 Å². The van der Waals surface area contributed by atoms with Crippen molar-refractivity contribution in [3.8, 4) is 0 Å². The first kappa shape index (κ1) is 21.9. The summed E-state index contributed by atoms with van der Waals surface area (Å²) < 4.78 is 24.4. The van der Waals surface area contributed by atoms with E-state index >= 15 is 0 Å². The Morgan fingerprint density at radius 1 is 1.38 bits per heavy atom. The molecule has 0 aromatic heterocycles. The lowest BCUT2D eigenvalue weighted by Gasteiger charge is -2.36. The number of benzene rings is 1. The van der Waals surface area contributed by atoms with Crippen LogP contribution in [0.25, 0.3) is 0 Å². The van der Waals surface area contributed by atoms with Gasteiger partial charge in [-0.1, -0.05) is 6.08 Å². The summed E-state index contributed by atoms with van der Waals surface area (Å²) in [6, 6.07) is 5.70. The first-order valence-electron chi connectivity index (χ1n) is 10.3. The predicted octanol–water partition coefficient (Wildman–Crippen LogP) is 1.94. The number of aliphatic hydroxyl groups excluding tert-OH is 1. The van der Waals surface area contributed by atoms with Crippen LogP contribution in [-0.4, -0.2) is 85.6 Å². The summed E-state index contributed by atoms with van der Waals surface area (Å²) in [5.41, 5.74) is 0.495. The van der Waals surface area contributed by atoms with E-state index in [1.54, 1.807) is 6.08 Å². The molecule has 1 aromatic rings. The van der Waals surface area contributed by atoms with Crippen molar-refractivity contribution >= 4 is 5.91 Å². The Balaban J connectivity index is 1.54. The van der Waals surface area contributed by atoms with E-state index in [2.05, 4.69) is 11.5 Å². The average molecular weight is 406 g/mol. The largest absolute Gasteiger partial charge is 0.389 e. The number of ether oxygens (including phenoxy) is 2. The molecule has 2 aliphatic rings. The van der Waals surface area contributed by atoms with Gasteiger partial charge < -0.3 is 19.5 Å². The third kappa shape index (κ3) is 7.19. The molecular formula is C22H31FN2O4. The molecule has 0 spiro atoms. The van der Waals surface area contributed by atoms with Crippen molar-refractivity contribution in [3.05, 3.63) is 48.3 Å². The fourth-order valence-electron chi connectivity index (χ4n) is 3.57. The van der Waals surface area contributed by atoms with E-state index < -0.39 is 6.10 Å². The summed E-state index contributed by atoms with van der Waals surface area (Å²) >= 11 is 0. The number of hydrogen-bond donors (Lipinski definition) is 1. The van der Waals surface area contributed by atoms with Gasteiger partial charge in [-0.3, -0.25) is 9.69 Å². The second-order valence-electron chi connectivity index (χ2n) is 7.89. The summed E-state index contributed by atoms with van der Waals surface area (Å²) in [7, 11) is 0. The molecule has 2 fully saturated rings. The smallest absolute Gasteiger partial charge is 0.253 e. The SMILES string of the molecule is C=CCOC[C@H](O)CN1CCO[C@@H](CN(CC2CC2)C(=O)c2ccc(F)cc2)C1. The summed E-state index contributed by atoms with van der Waals surface area (Å²) in [5.74, 6) is 0.107. The normalized spacial score (nSPS) is 21.0. The van der Waals surface area contributed by atoms with Gasteiger partial charge in [0.15, 0.2) is 0 Å². The molecule has 1 heterocycles. The van der Waals surface area contributed by atoms with Gasteiger partial charge in [0, 0.05) is 38.3 Å². The molecule has 1 saturated carbocycles. The summed E-state index contributed by atoms with van der Waals surface area (Å²) in [6.45, 7) is 7.93. The molecule has 6 nitrogen and oxygen atoms in total. The van der Waals surface area contributed by atoms with E-state index in [0.717, 1.165) is 19.4 Å². The highest BCUT2D eigenvalue weighted by Crippen LogP contribution is 2.30. The number of halogens is 1. The zero-order chi connectivity index (χ0) is 20.6. The summed E-state index contributed by atoms with van der Waals surface area (Å²) in [5, 5.41) is 10.1. The van der Waals surface area contributed by atoms with Crippen LogP contribution in [0.5, 0.6) is 0 Å². The van der Waals surface area contributed by atoms with Crippen molar-refractivity contribution in [3.63, 3.8) is 0 Å². The van der Waals surface area contributed by atoms with Crippen molar-refractivity contribution in [2.24, 2.45) is 5.92 Å². The number of rotatable bonds is 11. The summed E-state index contributed by atoms with van der Waals surface area (Å²) in [6.07, 6.45) is 3.25. The van der Waals surface area contributed by atoms with Gasteiger partial charge in [-0.2, -0.15) is 0 Å². The van der Waals surface area contributed by atoms with Crippen molar-refractivity contribution in [1.82, 2.24) is 9.80 Å². The Bertz CT molecular complexity index is 665. The second-order valence-corrected chi connectivity index (χ2v) is 7.89. The lowest BCUT2D eigenvalue weighted by molar-refractivity contribution is -0.0578. The van der Waals surface area contributed by atoms with E-state index in [9.17, 15) is 14.3 Å². The number of β-amino-alcohol motifs (C(OH)–C–C–N with tert-alkyl or cyclic N) is 1. The van der Waals surface area contributed by atoms with E-state index in [1.165, 1.54) is 24.3 Å². The fraction of sp³-hybridized carbons (Fsp3) is 0.591.